The molecule has 0 saturated carbocycles. The number of carbonyl (C=O) groups is 2. The molecule has 1 N–H and O–H groups in total. The highest BCUT2D eigenvalue weighted by atomic mass is 16.5. The van der Waals surface area contributed by atoms with E-state index in [1.807, 2.05) is 61.5 Å². The summed E-state index contributed by atoms with van der Waals surface area (Å²) in [4.78, 5) is 26.6. The van der Waals surface area contributed by atoms with Crippen LogP contribution in [0.1, 0.15) is 44.2 Å². The number of allylic oxidation sites excluding steroid dienone is 3. The summed E-state index contributed by atoms with van der Waals surface area (Å²) in [5.74, 6) is -0.316. The van der Waals surface area contributed by atoms with Crippen molar-refractivity contribution in [1.82, 2.24) is 5.32 Å². The molecular formula is C27H29NO4. The zero-order chi connectivity index (χ0) is 22.9. The van der Waals surface area contributed by atoms with Gasteiger partial charge in [0, 0.05) is 23.7 Å². The van der Waals surface area contributed by atoms with Crippen molar-refractivity contribution in [1.29, 1.82) is 0 Å². The Balaban J connectivity index is 1.68. The number of esters is 1. The number of methoxy groups -OCH3 is 1. The average molecular weight is 432 g/mol. The fourth-order valence-electron chi connectivity index (χ4n) is 4.71. The van der Waals surface area contributed by atoms with Crippen molar-refractivity contribution >= 4 is 11.8 Å². The SMILES string of the molecule is COc1ccc(COC(=O)C2=C(C)NC3=CC(C)(C)CC(=O)C3C2c2ccccc2)cc1. The van der Waals surface area contributed by atoms with E-state index in [2.05, 4.69) is 25.2 Å². The fraction of sp³-hybridized carbons (Fsp3) is 0.333. The monoisotopic (exact) mass is 431 g/mol. The molecule has 5 heteroatoms. The Morgan fingerprint density at radius 3 is 2.41 bits per heavy atom. The van der Waals surface area contributed by atoms with E-state index in [9.17, 15) is 9.59 Å². The van der Waals surface area contributed by atoms with Crippen LogP contribution in [-0.4, -0.2) is 18.9 Å². The Labute approximate surface area is 189 Å². The molecular weight excluding hydrogens is 402 g/mol. The van der Waals surface area contributed by atoms with Crippen molar-refractivity contribution in [2.24, 2.45) is 11.3 Å². The van der Waals surface area contributed by atoms with Gasteiger partial charge in [-0.15, -0.1) is 0 Å². The summed E-state index contributed by atoms with van der Waals surface area (Å²) >= 11 is 0. The third-order valence-corrected chi connectivity index (χ3v) is 6.15. The predicted molar refractivity (Wildman–Crippen MR) is 123 cm³/mol. The number of hydrogen-bond acceptors (Lipinski definition) is 5. The van der Waals surface area contributed by atoms with Crippen LogP contribution in [0.3, 0.4) is 0 Å². The normalized spacial score (nSPS) is 21.9. The zero-order valence-electron chi connectivity index (χ0n) is 19.0. The van der Waals surface area contributed by atoms with E-state index in [0.717, 1.165) is 28.3 Å². The van der Waals surface area contributed by atoms with Gasteiger partial charge >= 0.3 is 5.97 Å². The fourth-order valence-corrected chi connectivity index (χ4v) is 4.71. The Hall–Kier alpha value is -3.34. The molecule has 32 heavy (non-hydrogen) atoms. The highest BCUT2D eigenvalue weighted by Crippen LogP contribution is 2.46. The molecule has 2 aromatic rings. The number of hydrogen-bond donors (Lipinski definition) is 1. The van der Waals surface area contributed by atoms with Crippen molar-refractivity contribution in [3.05, 3.63) is 88.8 Å². The van der Waals surface area contributed by atoms with E-state index in [-0.39, 0.29) is 23.7 Å². The molecule has 2 aromatic carbocycles. The molecule has 0 fully saturated rings. The molecule has 166 valence electrons. The lowest BCUT2D eigenvalue weighted by atomic mass is 9.66. The van der Waals surface area contributed by atoms with E-state index in [4.69, 9.17) is 9.47 Å². The molecule has 5 nitrogen and oxygen atoms in total. The highest BCUT2D eigenvalue weighted by molar-refractivity contribution is 5.96. The number of nitrogens with one attached hydrogen (secondary N) is 1. The smallest absolute Gasteiger partial charge is 0.336 e. The zero-order valence-corrected chi connectivity index (χ0v) is 19.0. The summed E-state index contributed by atoms with van der Waals surface area (Å²) in [7, 11) is 1.61. The quantitative estimate of drug-likeness (QED) is 0.683. The average Bonchev–Trinajstić information content (AvgIpc) is 2.76. The minimum Gasteiger partial charge on any atom is -0.497 e. The van der Waals surface area contributed by atoms with Crippen LogP contribution in [0.5, 0.6) is 5.75 Å². The highest BCUT2D eigenvalue weighted by Gasteiger charge is 2.46. The topological polar surface area (TPSA) is 64.6 Å². The Bertz CT molecular complexity index is 1080. The molecule has 1 heterocycles. The molecule has 0 spiro atoms. The number of benzene rings is 2. The van der Waals surface area contributed by atoms with Gasteiger partial charge in [-0.1, -0.05) is 62.4 Å². The molecule has 1 aliphatic heterocycles. The van der Waals surface area contributed by atoms with Gasteiger partial charge in [0.1, 0.15) is 18.1 Å². The van der Waals surface area contributed by atoms with Crippen LogP contribution in [0.15, 0.2) is 77.6 Å². The largest absolute Gasteiger partial charge is 0.497 e. The van der Waals surface area contributed by atoms with Crippen LogP contribution in [0, 0.1) is 11.3 Å². The molecule has 0 aromatic heterocycles. The standard InChI is InChI=1S/C27H29NO4/c1-17-23(26(30)32-16-18-10-12-20(31-4)13-11-18)24(19-8-6-5-7-9-19)25-21(28-17)14-27(2,3)15-22(25)29/h5-14,24-25,28H,15-16H2,1-4H3. The number of Topliss-reactive ketones (excluding diaryl/α,β-unsaturated/α-hetero) is 1. The second-order valence-electron chi connectivity index (χ2n) is 9.19. The van der Waals surface area contributed by atoms with Crippen molar-refractivity contribution < 1.29 is 19.1 Å². The molecule has 4 rings (SSSR count). The molecule has 2 aliphatic rings. The first-order valence-corrected chi connectivity index (χ1v) is 10.9. The van der Waals surface area contributed by atoms with E-state index in [1.54, 1.807) is 7.11 Å². The van der Waals surface area contributed by atoms with Gasteiger partial charge in [0.2, 0.25) is 0 Å². The van der Waals surface area contributed by atoms with Crippen molar-refractivity contribution in [3.63, 3.8) is 0 Å². The molecule has 2 unspecified atom stereocenters. The lowest BCUT2D eigenvalue weighted by Gasteiger charge is -2.41. The van der Waals surface area contributed by atoms with Gasteiger partial charge in [-0.05, 0) is 35.6 Å². The summed E-state index contributed by atoms with van der Waals surface area (Å²) in [5, 5.41) is 3.35. The lowest BCUT2D eigenvalue weighted by Crippen LogP contribution is -2.43. The molecule has 0 bridgehead atoms. The first-order valence-electron chi connectivity index (χ1n) is 10.9. The molecule has 1 aliphatic carbocycles. The van der Waals surface area contributed by atoms with Crippen LogP contribution in [0.4, 0.5) is 0 Å². The number of ether oxygens (including phenoxy) is 2. The van der Waals surface area contributed by atoms with Crippen LogP contribution < -0.4 is 10.1 Å². The minimum atomic E-state index is -0.419. The van der Waals surface area contributed by atoms with Gasteiger partial charge < -0.3 is 14.8 Å². The van der Waals surface area contributed by atoms with Gasteiger partial charge in [0.15, 0.2) is 0 Å². The minimum absolute atomic E-state index is 0.141. The Kier molecular flexibility index (Phi) is 5.92. The van der Waals surface area contributed by atoms with Crippen molar-refractivity contribution in [3.8, 4) is 5.75 Å². The number of carbonyl (C=O) groups excluding carboxylic acids is 2. The first kappa shape index (κ1) is 21.9. The third kappa shape index (κ3) is 4.33. The van der Waals surface area contributed by atoms with Crippen LogP contribution in [0.25, 0.3) is 0 Å². The first-order chi connectivity index (χ1) is 15.3. The van der Waals surface area contributed by atoms with Crippen molar-refractivity contribution in [2.75, 3.05) is 7.11 Å². The maximum atomic E-state index is 13.3. The van der Waals surface area contributed by atoms with Gasteiger partial charge in [-0.3, -0.25) is 4.79 Å². The van der Waals surface area contributed by atoms with Crippen LogP contribution in [0.2, 0.25) is 0 Å². The Morgan fingerprint density at radius 1 is 1.06 bits per heavy atom. The summed E-state index contributed by atoms with van der Waals surface area (Å²) in [6, 6.07) is 17.2. The molecule has 2 atom stereocenters. The summed E-state index contributed by atoms with van der Waals surface area (Å²) in [5.41, 5.74) is 3.71. The molecule has 0 saturated heterocycles. The van der Waals surface area contributed by atoms with Gasteiger partial charge in [-0.25, -0.2) is 4.79 Å². The van der Waals surface area contributed by atoms with Crippen molar-refractivity contribution in [2.45, 2.75) is 39.7 Å². The maximum Gasteiger partial charge on any atom is 0.336 e. The second kappa shape index (κ2) is 8.65. The Morgan fingerprint density at radius 2 is 1.75 bits per heavy atom. The van der Waals surface area contributed by atoms with E-state index in [1.165, 1.54) is 0 Å². The molecule has 0 amide bonds. The van der Waals surface area contributed by atoms with E-state index < -0.39 is 11.9 Å². The lowest BCUT2D eigenvalue weighted by molar-refractivity contribution is -0.141. The van der Waals surface area contributed by atoms with E-state index in [0.29, 0.717) is 12.0 Å². The van der Waals surface area contributed by atoms with Gasteiger partial charge in [0.25, 0.3) is 0 Å². The summed E-state index contributed by atoms with van der Waals surface area (Å²) in [6.45, 7) is 6.15. The summed E-state index contributed by atoms with van der Waals surface area (Å²) < 4.78 is 10.9. The second-order valence-corrected chi connectivity index (χ2v) is 9.19. The van der Waals surface area contributed by atoms with Crippen LogP contribution >= 0.6 is 0 Å². The maximum absolute atomic E-state index is 13.3. The number of ketones is 1. The van der Waals surface area contributed by atoms with Gasteiger partial charge in [-0.2, -0.15) is 0 Å². The molecule has 0 radical (unpaired) electrons. The van der Waals surface area contributed by atoms with Crippen LogP contribution in [-0.2, 0) is 20.9 Å². The van der Waals surface area contributed by atoms with Gasteiger partial charge in [0.05, 0.1) is 18.6 Å². The third-order valence-electron chi connectivity index (χ3n) is 6.15. The van der Waals surface area contributed by atoms with E-state index >= 15 is 0 Å². The predicted octanol–water partition coefficient (Wildman–Crippen LogP) is 4.90. The summed E-state index contributed by atoms with van der Waals surface area (Å²) in [6.07, 6.45) is 2.58. The number of rotatable bonds is 5. The number of fused-ring (bicyclic) bond motifs is 1.